The zero-order chi connectivity index (χ0) is 21.9. The number of amides is 4. The van der Waals surface area contributed by atoms with Crippen LogP contribution in [-0.2, 0) is 16.0 Å². The van der Waals surface area contributed by atoms with Crippen molar-refractivity contribution in [2.24, 2.45) is 0 Å². The molecular formula is C22H24ClN3O4. The van der Waals surface area contributed by atoms with Crippen LogP contribution in [0.15, 0.2) is 42.5 Å². The maximum Gasteiger partial charge on any atom is 0.325 e. The highest BCUT2D eigenvalue weighted by Crippen LogP contribution is 2.31. The van der Waals surface area contributed by atoms with Gasteiger partial charge in [0.05, 0.1) is 12.8 Å². The van der Waals surface area contributed by atoms with Crippen molar-refractivity contribution in [2.75, 3.05) is 19.0 Å². The van der Waals surface area contributed by atoms with Crippen LogP contribution >= 0.6 is 11.6 Å². The molecule has 0 aromatic heterocycles. The minimum Gasteiger partial charge on any atom is -0.495 e. The van der Waals surface area contributed by atoms with Gasteiger partial charge < -0.3 is 15.4 Å². The minimum atomic E-state index is -1.05. The number of nitrogens with one attached hydrogen (secondary N) is 2. The molecule has 1 saturated heterocycles. The molecule has 2 aromatic carbocycles. The molecule has 3 rings (SSSR count). The third kappa shape index (κ3) is 4.57. The number of carbonyl (C=O) groups excluding carboxylic acids is 3. The van der Waals surface area contributed by atoms with Gasteiger partial charge in [-0.2, -0.15) is 0 Å². The SMILES string of the molecule is COc1cc(Cl)c(C)cc1NC(=O)CN1C(=O)N[C@](C)(CCc2ccccc2)C1=O. The number of aryl methyl sites for hydroxylation is 2. The van der Waals surface area contributed by atoms with Crippen molar-refractivity contribution in [1.29, 1.82) is 0 Å². The number of benzene rings is 2. The van der Waals surface area contributed by atoms with E-state index in [9.17, 15) is 14.4 Å². The predicted molar refractivity (Wildman–Crippen MR) is 115 cm³/mol. The number of anilines is 1. The lowest BCUT2D eigenvalue weighted by atomic mass is 9.93. The Morgan fingerprint density at radius 1 is 1.23 bits per heavy atom. The highest BCUT2D eigenvalue weighted by atomic mass is 35.5. The Morgan fingerprint density at radius 2 is 1.93 bits per heavy atom. The molecule has 2 aromatic rings. The van der Waals surface area contributed by atoms with E-state index in [1.165, 1.54) is 7.11 Å². The van der Waals surface area contributed by atoms with E-state index in [0.717, 1.165) is 16.0 Å². The second-order valence-corrected chi connectivity index (χ2v) is 7.90. The molecule has 1 fully saturated rings. The van der Waals surface area contributed by atoms with Crippen LogP contribution in [0.2, 0.25) is 5.02 Å². The van der Waals surface area contributed by atoms with Gasteiger partial charge in [-0.1, -0.05) is 41.9 Å². The summed E-state index contributed by atoms with van der Waals surface area (Å²) in [5.74, 6) is -0.535. The Morgan fingerprint density at radius 3 is 2.60 bits per heavy atom. The molecule has 0 radical (unpaired) electrons. The molecule has 2 N–H and O–H groups in total. The molecule has 1 aliphatic heterocycles. The van der Waals surface area contributed by atoms with E-state index in [1.807, 2.05) is 30.3 Å². The second-order valence-electron chi connectivity index (χ2n) is 7.49. The molecule has 1 aliphatic rings. The van der Waals surface area contributed by atoms with Gasteiger partial charge in [0.15, 0.2) is 0 Å². The van der Waals surface area contributed by atoms with Gasteiger partial charge in [-0.05, 0) is 43.9 Å². The molecule has 158 valence electrons. The first-order valence-corrected chi connectivity index (χ1v) is 9.93. The summed E-state index contributed by atoms with van der Waals surface area (Å²) >= 11 is 6.08. The fourth-order valence-corrected chi connectivity index (χ4v) is 3.52. The first-order valence-electron chi connectivity index (χ1n) is 9.55. The summed E-state index contributed by atoms with van der Waals surface area (Å²) in [7, 11) is 1.46. The molecule has 1 atom stereocenters. The standard InChI is InChI=1S/C22H24ClN3O4/c1-14-11-17(18(30-3)12-16(14)23)24-19(27)13-26-20(28)22(2,25-21(26)29)10-9-15-7-5-4-6-8-15/h4-8,11-12H,9-10,13H2,1-3H3,(H,24,27)(H,25,29)/t22-/m1/s1. The number of nitrogens with zero attached hydrogens (tertiary/aromatic N) is 1. The fraction of sp³-hybridized carbons (Fsp3) is 0.318. The molecule has 0 saturated carbocycles. The normalized spacial score (nSPS) is 18.3. The summed E-state index contributed by atoms with van der Waals surface area (Å²) in [6.07, 6.45) is 1.06. The van der Waals surface area contributed by atoms with Gasteiger partial charge in [-0.15, -0.1) is 0 Å². The van der Waals surface area contributed by atoms with Crippen LogP contribution in [0.1, 0.15) is 24.5 Å². The maximum absolute atomic E-state index is 12.9. The molecule has 7 nitrogen and oxygen atoms in total. The summed E-state index contributed by atoms with van der Waals surface area (Å²) in [4.78, 5) is 38.8. The molecule has 8 heteroatoms. The van der Waals surface area contributed by atoms with Gasteiger partial charge in [-0.25, -0.2) is 4.79 Å². The fourth-order valence-electron chi connectivity index (χ4n) is 3.36. The van der Waals surface area contributed by atoms with Crippen molar-refractivity contribution < 1.29 is 19.1 Å². The van der Waals surface area contributed by atoms with Gasteiger partial charge >= 0.3 is 6.03 Å². The quantitative estimate of drug-likeness (QED) is 0.659. The van der Waals surface area contributed by atoms with E-state index in [-0.39, 0.29) is 0 Å². The maximum atomic E-state index is 12.9. The third-order valence-electron chi connectivity index (χ3n) is 5.16. The van der Waals surface area contributed by atoms with Crippen LogP contribution in [0, 0.1) is 6.92 Å². The molecule has 1 heterocycles. The third-order valence-corrected chi connectivity index (χ3v) is 5.57. The summed E-state index contributed by atoms with van der Waals surface area (Å²) in [6.45, 7) is 3.09. The lowest BCUT2D eigenvalue weighted by molar-refractivity contribution is -0.133. The van der Waals surface area contributed by atoms with Crippen LogP contribution in [0.4, 0.5) is 10.5 Å². The molecule has 0 bridgehead atoms. The van der Waals surface area contributed by atoms with Crippen molar-refractivity contribution in [3.63, 3.8) is 0 Å². The molecule has 0 spiro atoms. The van der Waals surface area contributed by atoms with E-state index in [2.05, 4.69) is 10.6 Å². The highest BCUT2D eigenvalue weighted by molar-refractivity contribution is 6.31. The summed E-state index contributed by atoms with van der Waals surface area (Å²) < 4.78 is 5.24. The average molecular weight is 430 g/mol. The number of carbonyl (C=O) groups is 3. The molecule has 0 aliphatic carbocycles. The molecule has 0 unspecified atom stereocenters. The van der Waals surface area contributed by atoms with E-state index in [4.69, 9.17) is 16.3 Å². The van der Waals surface area contributed by atoms with Gasteiger partial charge in [0.2, 0.25) is 5.91 Å². The van der Waals surface area contributed by atoms with Gasteiger partial charge in [0, 0.05) is 11.1 Å². The number of hydrogen-bond donors (Lipinski definition) is 2. The number of rotatable bonds is 7. The summed E-state index contributed by atoms with van der Waals surface area (Å²) in [6, 6.07) is 12.4. The number of imide groups is 1. The van der Waals surface area contributed by atoms with Gasteiger partial charge in [0.1, 0.15) is 17.8 Å². The van der Waals surface area contributed by atoms with E-state index in [1.54, 1.807) is 26.0 Å². The first-order chi connectivity index (χ1) is 14.2. The summed E-state index contributed by atoms with van der Waals surface area (Å²) in [5, 5.41) is 5.92. The zero-order valence-corrected chi connectivity index (χ0v) is 17.9. The number of ether oxygens (including phenoxy) is 1. The van der Waals surface area contributed by atoms with Gasteiger partial charge in [-0.3, -0.25) is 14.5 Å². The van der Waals surface area contributed by atoms with Crippen LogP contribution in [-0.4, -0.2) is 41.9 Å². The Bertz CT molecular complexity index is 980. The minimum absolute atomic E-state index is 0.392. The first kappa shape index (κ1) is 21.6. The topological polar surface area (TPSA) is 87.7 Å². The van der Waals surface area contributed by atoms with E-state index < -0.39 is 29.9 Å². The van der Waals surface area contributed by atoms with Crippen LogP contribution in [0.5, 0.6) is 5.75 Å². The van der Waals surface area contributed by atoms with Crippen molar-refractivity contribution in [2.45, 2.75) is 32.2 Å². The average Bonchev–Trinajstić information content (AvgIpc) is 2.93. The second kappa shape index (κ2) is 8.75. The Kier molecular flexibility index (Phi) is 6.31. The van der Waals surface area contributed by atoms with Crippen LogP contribution < -0.4 is 15.4 Å². The Labute approximate surface area is 180 Å². The van der Waals surface area contributed by atoms with Crippen molar-refractivity contribution in [3.05, 3.63) is 58.6 Å². The monoisotopic (exact) mass is 429 g/mol. The lowest BCUT2D eigenvalue weighted by Crippen LogP contribution is -2.45. The summed E-state index contributed by atoms with van der Waals surface area (Å²) in [5.41, 5.74) is 1.20. The van der Waals surface area contributed by atoms with E-state index in [0.29, 0.717) is 29.3 Å². The van der Waals surface area contributed by atoms with Crippen molar-refractivity contribution in [3.8, 4) is 5.75 Å². The lowest BCUT2D eigenvalue weighted by Gasteiger charge is -2.21. The predicted octanol–water partition coefficient (Wildman–Crippen LogP) is 3.54. The molecule has 30 heavy (non-hydrogen) atoms. The Balaban J connectivity index is 1.66. The number of hydrogen-bond acceptors (Lipinski definition) is 4. The molecular weight excluding hydrogens is 406 g/mol. The smallest absolute Gasteiger partial charge is 0.325 e. The zero-order valence-electron chi connectivity index (χ0n) is 17.1. The largest absolute Gasteiger partial charge is 0.495 e. The number of halogens is 1. The molecule has 4 amide bonds. The van der Waals surface area contributed by atoms with Crippen molar-refractivity contribution >= 4 is 35.1 Å². The van der Waals surface area contributed by atoms with Crippen LogP contribution in [0.25, 0.3) is 0 Å². The van der Waals surface area contributed by atoms with Crippen LogP contribution in [0.3, 0.4) is 0 Å². The van der Waals surface area contributed by atoms with Crippen molar-refractivity contribution in [1.82, 2.24) is 10.2 Å². The Hall–Kier alpha value is -3.06. The number of methoxy groups -OCH3 is 1. The highest BCUT2D eigenvalue weighted by Gasteiger charge is 2.47. The van der Waals surface area contributed by atoms with Gasteiger partial charge in [0.25, 0.3) is 5.91 Å². The number of urea groups is 1. The van der Waals surface area contributed by atoms with E-state index >= 15 is 0 Å².